The number of carbonyl (C=O) groups is 1. The number of para-hydroxylation sites is 1. The monoisotopic (exact) mass is 466 g/mol. The second-order valence-corrected chi connectivity index (χ2v) is 9.68. The molecule has 2 atom stereocenters. The number of benzene rings is 3. The van der Waals surface area contributed by atoms with Gasteiger partial charge in [0.05, 0.1) is 7.11 Å². The van der Waals surface area contributed by atoms with Crippen LogP contribution in [0.2, 0.25) is 0 Å². The normalized spacial score (nSPS) is 15.3. The van der Waals surface area contributed by atoms with E-state index in [2.05, 4.69) is 89.3 Å². The molecule has 1 amide bonds. The molecule has 0 N–H and O–H groups in total. The lowest BCUT2D eigenvalue weighted by Crippen LogP contribution is -2.29. The van der Waals surface area contributed by atoms with E-state index in [9.17, 15) is 4.79 Å². The lowest BCUT2D eigenvalue weighted by molar-refractivity contribution is -0.130. The summed E-state index contributed by atoms with van der Waals surface area (Å²) in [5, 5.41) is 1.24. The number of amides is 1. The molecule has 0 saturated carbocycles. The maximum Gasteiger partial charge on any atom is 0.223 e. The molecule has 4 nitrogen and oxygen atoms in total. The summed E-state index contributed by atoms with van der Waals surface area (Å²) in [6.07, 6.45) is 5.06. The summed E-state index contributed by atoms with van der Waals surface area (Å²) in [5.41, 5.74) is 4.97. The molecule has 1 fully saturated rings. The van der Waals surface area contributed by atoms with Crippen molar-refractivity contribution < 1.29 is 9.53 Å². The molecule has 1 aliphatic rings. The predicted molar refractivity (Wildman–Crippen MR) is 142 cm³/mol. The molecule has 0 radical (unpaired) electrons. The number of fused-ring (bicyclic) bond motifs is 1. The summed E-state index contributed by atoms with van der Waals surface area (Å²) in [7, 11) is 1.69. The third kappa shape index (κ3) is 4.97. The van der Waals surface area contributed by atoms with Crippen LogP contribution in [0.3, 0.4) is 0 Å². The van der Waals surface area contributed by atoms with E-state index < -0.39 is 0 Å². The maximum atomic E-state index is 13.4. The minimum absolute atomic E-state index is 0.104. The molecule has 2 heterocycles. The molecule has 5 rings (SSSR count). The number of likely N-dealkylation sites (tertiary alicyclic amines) is 1. The molecule has 0 bridgehead atoms. The Hall–Kier alpha value is -3.53. The molecule has 1 aromatic heterocycles. The first-order valence-corrected chi connectivity index (χ1v) is 12.7. The van der Waals surface area contributed by atoms with Crippen LogP contribution in [-0.4, -0.2) is 35.6 Å². The summed E-state index contributed by atoms with van der Waals surface area (Å²) < 4.78 is 7.66. The predicted octanol–water partition coefficient (Wildman–Crippen LogP) is 6.60. The average Bonchev–Trinajstić information content (AvgIpc) is 3.57. The van der Waals surface area contributed by atoms with E-state index in [1.807, 2.05) is 12.1 Å². The van der Waals surface area contributed by atoms with Gasteiger partial charge in [0.25, 0.3) is 0 Å². The number of carbonyl (C=O) groups excluding carboxylic acids is 1. The van der Waals surface area contributed by atoms with Gasteiger partial charge in [-0.15, -0.1) is 0 Å². The minimum Gasteiger partial charge on any atom is -0.497 e. The van der Waals surface area contributed by atoms with E-state index in [4.69, 9.17) is 4.74 Å². The van der Waals surface area contributed by atoms with Crippen molar-refractivity contribution in [3.8, 4) is 5.75 Å². The van der Waals surface area contributed by atoms with Crippen LogP contribution in [0.4, 0.5) is 0 Å². The van der Waals surface area contributed by atoms with Crippen molar-refractivity contribution in [1.82, 2.24) is 9.47 Å². The molecular weight excluding hydrogens is 432 g/mol. The zero-order valence-corrected chi connectivity index (χ0v) is 20.7. The number of nitrogens with zero attached hydrogens (tertiary/aromatic N) is 2. The van der Waals surface area contributed by atoms with Crippen LogP contribution in [0.25, 0.3) is 10.9 Å². The standard InChI is InChI=1S/C31H34N2O2/c1-23(25-10-4-3-5-11-25)28(20-31(34)32-18-8-9-19-32)29-22-33(30-13-7-6-12-27(29)30)21-24-14-16-26(35-2)17-15-24/h3-7,10-17,22-23,28H,8-9,18-21H2,1-2H3/t23-,28-/m1/s1. The second kappa shape index (κ2) is 10.4. The smallest absolute Gasteiger partial charge is 0.223 e. The van der Waals surface area contributed by atoms with Gasteiger partial charge < -0.3 is 14.2 Å². The summed E-state index contributed by atoms with van der Waals surface area (Å²) in [6.45, 7) is 4.83. The number of ether oxygens (including phenoxy) is 1. The zero-order valence-electron chi connectivity index (χ0n) is 20.7. The van der Waals surface area contributed by atoms with Crippen LogP contribution < -0.4 is 4.74 Å². The fourth-order valence-electron chi connectivity index (χ4n) is 5.46. The van der Waals surface area contributed by atoms with Gasteiger partial charge in [0.1, 0.15) is 5.75 Å². The Morgan fingerprint density at radius 1 is 0.914 bits per heavy atom. The Balaban J connectivity index is 1.54. The number of rotatable bonds is 8. The molecular formula is C31H34N2O2. The molecule has 1 saturated heterocycles. The van der Waals surface area contributed by atoms with Crippen LogP contribution in [0.5, 0.6) is 5.75 Å². The fourth-order valence-corrected chi connectivity index (χ4v) is 5.46. The highest BCUT2D eigenvalue weighted by Gasteiger charge is 2.29. The topological polar surface area (TPSA) is 34.5 Å². The Morgan fingerprint density at radius 3 is 2.31 bits per heavy atom. The minimum atomic E-state index is 0.104. The van der Waals surface area contributed by atoms with Crippen molar-refractivity contribution in [3.05, 3.63) is 102 Å². The van der Waals surface area contributed by atoms with Gasteiger partial charge in [-0.3, -0.25) is 4.79 Å². The second-order valence-electron chi connectivity index (χ2n) is 9.68. The van der Waals surface area contributed by atoms with Crippen LogP contribution >= 0.6 is 0 Å². The fraction of sp³-hybridized carbons (Fsp3) is 0.323. The lowest BCUT2D eigenvalue weighted by Gasteiger charge is -2.26. The highest BCUT2D eigenvalue weighted by molar-refractivity contribution is 5.86. The number of hydrogen-bond acceptors (Lipinski definition) is 2. The van der Waals surface area contributed by atoms with Crippen molar-refractivity contribution in [2.24, 2.45) is 0 Å². The van der Waals surface area contributed by atoms with Crippen molar-refractivity contribution in [3.63, 3.8) is 0 Å². The Morgan fingerprint density at radius 2 is 1.60 bits per heavy atom. The van der Waals surface area contributed by atoms with Gasteiger partial charge in [-0.25, -0.2) is 0 Å². The molecule has 3 aromatic carbocycles. The van der Waals surface area contributed by atoms with E-state index in [0.29, 0.717) is 6.42 Å². The van der Waals surface area contributed by atoms with E-state index in [0.717, 1.165) is 38.2 Å². The first-order chi connectivity index (χ1) is 17.1. The Kier molecular flexibility index (Phi) is 6.89. The highest BCUT2D eigenvalue weighted by atomic mass is 16.5. The summed E-state index contributed by atoms with van der Waals surface area (Å²) in [5.74, 6) is 1.47. The largest absolute Gasteiger partial charge is 0.497 e. The summed E-state index contributed by atoms with van der Waals surface area (Å²) in [6, 6.07) is 27.5. The molecule has 1 aliphatic heterocycles. The first kappa shape index (κ1) is 23.2. The third-order valence-electron chi connectivity index (χ3n) is 7.51. The third-order valence-corrected chi connectivity index (χ3v) is 7.51. The van der Waals surface area contributed by atoms with Gasteiger partial charge in [-0.1, -0.05) is 67.6 Å². The summed E-state index contributed by atoms with van der Waals surface area (Å²) >= 11 is 0. The molecule has 35 heavy (non-hydrogen) atoms. The van der Waals surface area contributed by atoms with Gasteiger partial charge in [-0.2, -0.15) is 0 Å². The number of methoxy groups -OCH3 is 1. The molecule has 0 unspecified atom stereocenters. The molecule has 4 heteroatoms. The van der Waals surface area contributed by atoms with E-state index in [1.165, 1.54) is 27.6 Å². The van der Waals surface area contributed by atoms with Gasteiger partial charge in [-0.05, 0) is 53.6 Å². The first-order valence-electron chi connectivity index (χ1n) is 12.7. The van der Waals surface area contributed by atoms with Crippen LogP contribution in [0.1, 0.15) is 54.7 Å². The van der Waals surface area contributed by atoms with Crippen molar-refractivity contribution >= 4 is 16.8 Å². The Bertz CT molecular complexity index is 1270. The van der Waals surface area contributed by atoms with E-state index >= 15 is 0 Å². The quantitative estimate of drug-likeness (QED) is 0.293. The van der Waals surface area contributed by atoms with E-state index in [1.54, 1.807) is 7.11 Å². The molecule has 4 aromatic rings. The number of aromatic nitrogens is 1. The lowest BCUT2D eigenvalue weighted by atomic mass is 9.80. The van der Waals surface area contributed by atoms with Crippen LogP contribution in [0, 0.1) is 0 Å². The molecule has 0 spiro atoms. The van der Waals surface area contributed by atoms with Crippen molar-refractivity contribution in [2.45, 2.75) is 44.6 Å². The molecule has 0 aliphatic carbocycles. The van der Waals surface area contributed by atoms with Gasteiger partial charge >= 0.3 is 0 Å². The Labute approximate surface area is 208 Å². The van der Waals surface area contributed by atoms with Crippen LogP contribution in [0.15, 0.2) is 85.1 Å². The zero-order chi connectivity index (χ0) is 24.2. The van der Waals surface area contributed by atoms with Gasteiger partial charge in [0.15, 0.2) is 0 Å². The SMILES string of the molecule is COc1ccc(Cn2cc([C@H](CC(=O)N3CCCC3)[C@H](C)c3ccccc3)c3ccccc32)cc1. The van der Waals surface area contributed by atoms with Crippen LogP contribution in [-0.2, 0) is 11.3 Å². The van der Waals surface area contributed by atoms with Gasteiger partial charge in [0.2, 0.25) is 5.91 Å². The van der Waals surface area contributed by atoms with E-state index in [-0.39, 0.29) is 17.7 Å². The van der Waals surface area contributed by atoms with Crippen molar-refractivity contribution in [1.29, 1.82) is 0 Å². The average molecular weight is 467 g/mol. The maximum absolute atomic E-state index is 13.4. The molecule has 180 valence electrons. The number of hydrogen-bond donors (Lipinski definition) is 0. The van der Waals surface area contributed by atoms with Crippen molar-refractivity contribution in [2.75, 3.05) is 20.2 Å². The van der Waals surface area contributed by atoms with Gasteiger partial charge in [0, 0.05) is 49.1 Å². The summed E-state index contributed by atoms with van der Waals surface area (Å²) in [4.78, 5) is 15.4. The highest BCUT2D eigenvalue weighted by Crippen LogP contribution is 2.40.